The van der Waals surface area contributed by atoms with E-state index in [2.05, 4.69) is 9.71 Å². The molecule has 2 rings (SSSR count). The molecule has 7 heteroatoms. The topological polar surface area (TPSA) is 74.3 Å². The Morgan fingerprint density at radius 2 is 1.89 bits per heavy atom. The summed E-state index contributed by atoms with van der Waals surface area (Å²) in [6, 6.07) is 9.99. The van der Waals surface area contributed by atoms with Gasteiger partial charge in [0.1, 0.15) is 21.8 Å². The molecule has 0 aliphatic rings. The highest BCUT2D eigenvalue weighted by molar-refractivity contribution is 7.90. The molecule has 0 saturated heterocycles. The molecular formula is C20H25FN2O3S. The van der Waals surface area contributed by atoms with Crippen molar-refractivity contribution in [3.05, 3.63) is 65.2 Å². The van der Waals surface area contributed by atoms with Gasteiger partial charge in [0.05, 0.1) is 13.5 Å². The first-order valence-electron chi connectivity index (χ1n) is 8.55. The van der Waals surface area contributed by atoms with Crippen molar-refractivity contribution in [2.45, 2.75) is 44.4 Å². The number of carbonyl (C=O) groups excluding carboxylic acids is 1. The third-order valence-corrected chi connectivity index (χ3v) is 5.81. The second-order valence-electron chi connectivity index (χ2n) is 7.34. The molecule has 1 aromatic carbocycles. The molecule has 0 radical (unpaired) electrons. The number of esters is 1. The lowest BCUT2D eigenvalue weighted by molar-refractivity contribution is -0.142. The number of benzene rings is 1. The van der Waals surface area contributed by atoms with Crippen LogP contribution in [-0.4, -0.2) is 27.4 Å². The number of nitrogens with zero attached hydrogens (tertiary/aromatic N) is 1. The van der Waals surface area contributed by atoms with Gasteiger partial charge in [-0.2, -0.15) is 0 Å². The van der Waals surface area contributed by atoms with E-state index < -0.39 is 33.4 Å². The van der Waals surface area contributed by atoms with Crippen LogP contribution in [0.1, 0.15) is 44.0 Å². The Hall–Kier alpha value is -1.96. The molecule has 0 aliphatic heterocycles. The van der Waals surface area contributed by atoms with Crippen molar-refractivity contribution >= 4 is 17.3 Å². The molecule has 0 amide bonds. The number of carbonyl (C=O) groups is 1. The first-order valence-corrected chi connectivity index (χ1v) is 9.70. The highest BCUT2D eigenvalue weighted by atomic mass is 32.2. The Morgan fingerprint density at radius 3 is 2.41 bits per heavy atom. The Morgan fingerprint density at radius 1 is 1.26 bits per heavy atom. The summed E-state index contributed by atoms with van der Waals surface area (Å²) >= 11 is -1.60. The van der Waals surface area contributed by atoms with Crippen molar-refractivity contribution in [1.29, 1.82) is 0 Å². The number of rotatable bonds is 6. The van der Waals surface area contributed by atoms with Gasteiger partial charge in [-0.15, -0.1) is 4.72 Å². The molecule has 0 saturated carbocycles. The van der Waals surface area contributed by atoms with Crippen LogP contribution in [0.5, 0.6) is 0 Å². The van der Waals surface area contributed by atoms with Gasteiger partial charge in [0.2, 0.25) is 0 Å². The Kier molecular flexibility index (Phi) is 6.62. The van der Waals surface area contributed by atoms with Crippen molar-refractivity contribution in [1.82, 2.24) is 9.71 Å². The first kappa shape index (κ1) is 21.3. The highest BCUT2D eigenvalue weighted by Crippen LogP contribution is 2.36. The van der Waals surface area contributed by atoms with Gasteiger partial charge in [0, 0.05) is 17.6 Å². The molecule has 1 aromatic heterocycles. The fourth-order valence-electron chi connectivity index (χ4n) is 2.60. The summed E-state index contributed by atoms with van der Waals surface area (Å²) in [7, 11) is 1.26. The summed E-state index contributed by atoms with van der Waals surface area (Å²) in [6.45, 7) is 7.31. The molecule has 1 N–H and O–H groups in total. The van der Waals surface area contributed by atoms with Gasteiger partial charge in [-0.1, -0.05) is 29.8 Å². The van der Waals surface area contributed by atoms with E-state index in [1.807, 2.05) is 19.1 Å². The average molecular weight is 392 g/mol. The molecule has 0 unspecified atom stereocenters. The summed E-state index contributed by atoms with van der Waals surface area (Å²) in [5.41, 5.74) is 0.138. The predicted molar refractivity (Wildman–Crippen MR) is 104 cm³/mol. The lowest BCUT2D eigenvalue weighted by atomic mass is 9.83. The third-order valence-electron chi connectivity index (χ3n) is 4.17. The summed E-state index contributed by atoms with van der Waals surface area (Å²) in [4.78, 5) is 16.5. The maximum absolute atomic E-state index is 14.8. The molecule has 146 valence electrons. The number of aryl methyl sites for hydroxylation is 1. The zero-order chi connectivity index (χ0) is 20.2. The predicted octanol–water partition coefficient (Wildman–Crippen LogP) is 3.39. The largest absolute Gasteiger partial charge is 0.598 e. The third kappa shape index (κ3) is 4.86. The Labute approximate surface area is 162 Å². The normalized spacial score (nSPS) is 15.1. The van der Waals surface area contributed by atoms with Crippen molar-refractivity contribution in [2.24, 2.45) is 0 Å². The maximum atomic E-state index is 14.8. The Bertz CT molecular complexity index is 793. The lowest BCUT2D eigenvalue weighted by Gasteiger charge is -2.37. The smallest absolute Gasteiger partial charge is 0.308 e. The van der Waals surface area contributed by atoms with Crippen molar-refractivity contribution in [2.75, 3.05) is 7.11 Å². The number of aromatic nitrogens is 1. The van der Waals surface area contributed by atoms with E-state index in [4.69, 9.17) is 4.74 Å². The van der Waals surface area contributed by atoms with Crippen LogP contribution in [0.15, 0.2) is 42.6 Å². The Balaban J connectivity index is 2.73. The monoisotopic (exact) mass is 392 g/mol. The van der Waals surface area contributed by atoms with Crippen LogP contribution in [0.25, 0.3) is 0 Å². The summed E-state index contributed by atoms with van der Waals surface area (Å²) in [5, 5.41) is 0. The molecule has 0 spiro atoms. The van der Waals surface area contributed by atoms with Gasteiger partial charge in [-0.05, 0) is 45.4 Å². The fraction of sp³-hybridized carbons (Fsp3) is 0.400. The number of hydrogen-bond acceptors (Lipinski definition) is 5. The van der Waals surface area contributed by atoms with E-state index in [1.165, 1.54) is 25.4 Å². The van der Waals surface area contributed by atoms with Crippen LogP contribution in [0.4, 0.5) is 4.39 Å². The molecule has 0 bridgehead atoms. The minimum Gasteiger partial charge on any atom is -0.598 e. The van der Waals surface area contributed by atoms with E-state index >= 15 is 0 Å². The maximum Gasteiger partial charge on any atom is 0.308 e. The number of nitrogens with one attached hydrogen (secondary N) is 1. The molecular weight excluding hydrogens is 367 g/mol. The van der Waals surface area contributed by atoms with Crippen LogP contribution < -0.4 is 4.72 Å². The standard InChI is InChI=1S/C20H25FN2O3S/c1-14-8-10-15(11-9-14)20(13-17(24)26-5,23-27(25)19(2,3)4)18-16(21)7-6-12-22-18/h6-12,23H,13H2,1-5H3/t20-,27+/m0/s1. The second kappa shape index (κ2) is 8.37. The molecule has 27 heavy (non-hydrogen) atoms. The summed E-state index contributed by atoms with van der Waals surface area (Å²) in [5.74, 6) is -1.17. The van der Waals surface area contributed by atoms with Gasteiger partial charge in [0.15, 0.2) is 0 Å². The fourth-order valence-corrected chi connectivity index (χ4v) is 3.51. The molecule has 2 aromatic rings. The molecule has 0 fully saturated rings. The van der Waals surface area contributed by atoms with E-state index in [1.54, 1.807) is 32.9 Å². The number of pyridine rings is 1. The molecule has 5 nitrogen and oxygen atoms in total. The van der Waals surface area contributed by atoms with E-state index in [0.717, 1.165) is 5.56 Å². The van der Waals surface area contributed by atoms with E-state index in [9.17, 15) is 13.7 Å². The second-order valence-corrected chi connectivity index (χ2v) is 9.31. The lowest BCUT2D eigenvalue weighted by Crippen LogP contribution is -2.54. The van der Waals surface area contributed by atoms with Crippen molar-refractivity contribution < 1.29 is 18.5 Å². The molecule has 1 heterocycles. The van der Waals surface area contributed by atoms with Gasteiger partial charge in [-0.25, -0.2) is 4.39 Å². The van der Waals surface area contributed by atoms with Crippen LogP contribution >= 0.6 is 0 Å². The van der Waals surface area contributed by atoms with Crippen molar-refractivity contribution in [3.8, 4) is 0 Å². The van der Waals surface area contributed by atoms with Gasteiger partial charge < -0.3 is 9.29 Å². The van der Waals surface area contributed by atoms with E-state index in [-0.39, 0.29) is 12.1 Å². The number of hydrogen-bond donors (Lipinski definition) is 1. The van der Waals surface area contributed by atoms with Crippen LogP contribution in [0, 0.1) is 12.7 Å². The molecule has 2 atom stereocenters. The van der Waals surface area contributed by atoms with Crippen LogP contribution in [0.3, 0.4) is 0 Å². The number of halogens is 1. The number of ether oxygens (including phenoxy) is 1. The number of methoxy groups -OCH3 is 1. The quantitative estimate of drug-likeness (QED) is 0.603. The minimum absolute atomic E-state index is 0.00291. The first-order chi connectivity index (χ1) is 12.6. The van der Waals surface area contributed by atoms with Crippen LogP contribution in [0.2, 0.25) is 0 Å². The zero-order valence-corrected chi connectivity index (χ0v) is 17.0. The molecule has 0 aliphatic carbocycles. The van der Waals surface area contributed by atoms with Gasteiger partial charge in [0.25, 0.3) is 0 Å². The van der Waals surface area contributed by atoms with Crippen molar-refractivity contribution in [3.63, 3.8) is 0 Å². The SMILES string of the molecule is COC(=O)C[C@](N[S@+]([O-])C(C)(C)C)(c1ccc(C)cc1)c1ncccc1F. The summed E-state index contributed by atoms with van der Waals surface area (Å²) < 4.78 is 35.0. The zero-order valence-electron chi connectivity index (χ0n) is 16.2. The minimum atomic E-state index is -1.60. The van der Waals surface area contributed by atoms with E-state index in [0.29, 0.717) is 5.56 Å². The summed E-state index contributed by atoms with van der Waals surface area (Å²) in [6.07, 6.45) is 1.18. The van der Waals surface area contributed by atoms with Gasteiger partial charge >= 0.3 is 5.97 Å². The highest BCUT2D eigenvalue weighted by Gasteiger charge is 2.46. The average Bonchev–Trinajstić information content (AvgIpc) is 2.61. The van der Waals surface area contributed by atoms with Gasteiger partial charge in [-0.3, -0.25) is 9.78 Å². The van der Waals surface area contributed by atoms with Crippen LogP contribution in [-0.2, 0) is 26.4 Å².